The van der Waals surface area contributed by atoms with Gasteiger partial charge < -0.3 is 10.5 Å². The highest BCUT2D eigenvalue weighted by molar-refractivity contribution is 7.18. The van der Waals surface area contributed by atoms with Crippen molar-refractivity contribution in [1.29, 1.82) is 0 Å². The first-order chi connectivity index (χ1) is 9.26. The lowest BCUT2D eigenvalue weighted by Crippen LogP contribution is -2.22. The second-order valence-corrected chi connectivity index (χ2v) is 6.12. The van der Waals surface area contributed by atoms with Crippen molar-refractivity contribution in [2.45, 2.75) is 45.1 Å². The number of anilines is 1. The van der Waals surface area contributed by atoms with E-state index in [2.05, 4.69) is 23.0 Å². The summed E-state index contributed by atoms with van der Waals surface area (Å²) < 4.78 is 5.74. The molecule has 5 heteroatoms. The fourth-order valence-electron chi connectivity index (χ4n) is 2.48. The molecule has 0 radical (unpaired) electrons. The van der Waals surface area contributed by atoms with Crippen molar-refractivity contribution in [2.24, 2.45) is 0 Å². The highest BCUT2D eigenvalue weighted by Crippen LogP contribution is 2.28. The van der Waals surface area contributed by atoms with Crippen LogP contribution in [0.2, 0.25) is 0 Å². The van der Waals surface area contributed by atoms with Crippen molar-refractivity contribution in [3.63, 3.8) is 0 Å². The second kappa shape index (κ2) is 5.43. The molecule has 2 aromatic heterocycles. The van der Waals surface area contributed by atoms with Gasteiger partial charge in [0, 0.05) is 17.9 Å². The molecular weight excluding hydrogens is 258 g/mol. The zero-order valence-electron chi connectivity index (χ0n) is 11.2. The van der Waals surface area contributed by atoms with E-state index >= 15 is 0 Å². The molecule has 0 amide bonds. The van der Waals surface area contributed by atoms with Crippen molar-refractivity contribution < 1.29 is 4.74 Å². The topological polar surface area (TPSA) is 61.0 Å². The summed E-state index contributed by atoms with van der Waals surface area (Å²) in [6, 6.07) is 2.11. The molecule has 0 bridgehead atoms. The lowest BCUT2D eigenvalue weighted by atomic mass is 10.1. The molecule has 1 aliphatic rings. The predicted octanol–water partition coefficient (Wildman–Crippen LogP) is 2.95. The van der Waals surface area contributed by atoms with E-state index in [9.17, 15) is 0 Å². The molecule has 1 aliphatic heterocycles. The maximum absolute atomic E-state index is 6.04. The van der Waals surface area contributed by atoms with Gasteiger partial charge in [0.1, 0.15) is 16.5 Å². The highest BCUT2D eigenvalue weighted by Gasteiger charge is 2.17. The van der Waals surface area contributed by atoms with Crippen LogP contribution in [-0.4, -0.2) is 22.7 Å². The van der Waals surface area contributed by atoms with Gasteiger partial charge in [-0.3, -0.25) is 0 Å². The third-order valence-electron chi connectivity index (χ3n) is 3.55. The predicted molar refractivity (Wildman–Crippen MR) is 78.5 cm³/mol. The van der Waals surface area contributed by atoms with E-state index in [0.29, 0.717) is 5.82 Å². The summed E-state index contributed by atoms with van der Waals surface area (Å²) in [5.41, 5.74) is 6.04. The number of fused-ring (bicyclic) bond motifs is 1. The molecule has 1 fully saturated rings. The molecule has 19 heavy (non-hydrogen) atoms. The Bertz CT molecular complexity index is 575. The summed E-state index contributed by atoms with van der Waals surface area (Å²) in [5.74, 6) is 1.42. The Morgan fingerprint density at radius 1 is 1.42 bits per heavy atom. The smallest absolute Gasteiger partial charge is 0.135 e. The van der Waals surface area contributed by atoms with Crippen molar-refractivity contribution in [3.8, 4) is 0 Å². The first kappa shape index (κ1) is 12.8. The Kier molecular flexibility index (Phi) is 3.66. The van der Waals surface area contributed by atoms with Crippen LogP contribution < -0.4 is 5.73 Å². The molecule has 3 heterocycles. The van der Waals surface area contributed by atoms with Gasteiger partial charge in [0.15, 0.2) is 0 Å². The molecule has 1 atom stereocenters. The molecule has 0 aliphatic carbocycles. The quantitative estimate of drug-likeness (QED) is 0.937. The number of ether oxygens (including phenoxy) is 1. The molecule has 1 saturated heterocycles. The van der Waals surface area contributed by atoms with Crippen molar-refractivity contribution in [2.75, 3.05) is 12.3 Å². The van der Waals surface area contributed by atoms with Gasteiger partial charge >= 0.3 is 0 Å². The second-order valence-electron chi connectivity index (χ2n) is 5.00. The van der Waals surface area contributed by atoms with Crippen molar-refractivity contribution in [1.82, 2.24) is 9.97 Å². The summed E-state index contributed by atoms with van der Waals surface area (Å²) in [6.07, 6.45) is 5.56. The fourth-order valence-corrected chi connectivity index (χ4v) is 3.47. The van der Waals surface area contributed by atoms with Gasteiger partial charge in [-0.2, -0.15) is 0 Å². The lowest BCUT2D eigenvalue weighted by Gasteiger charge is -2.21. The number of nitrogens with zero attached hydrogens (tertiary/aromatic N) is 2. The van der Waals surface area contributed by atoms with E-state index in [1.807, 2.05) is 0 Å². The van der Waals surface area contributed by atoms with Crippen LogP contribution in [0.3, 0.4) is 0 Å². The van der Waals surface area contributed by atoms with E-state index < -0.39 is 0 Å². The van der Waals surface area contributed by atoms with Crippen LogP contribution in [0.1, 0.15) is 36.9 Å². The van der Waals surface area contributed by atoms with Crippen LogP contribution in [0.5, 0.6) is 0 Å². The van der Waals surface area contributed by atoms with Gasteiger partial charge in [-0.15, -0.1) is 11.3 Å². The third kappa shape index (κ3) is 2.72. The van der Waals surface area contributed by atoms with Gasteiger partial charge in [-0.05, 0) is 31.7 Å². The lowest BCUT2D eigenvalue weighted by molar-refractivity contribution is 0.0157. The van der Waals surface area contributed by atoms with Crippen LogP contribution in [0.15, 0.2) is 6.07 Å². The number of nitrogen functional groups attached to an aromatic ring is 1. The zero-order valence-corrected chi connectivity index (χ0v) is 12.0. The number of nitrogens with two attached hydrogens (primary N) is 1. The molecule has 1 unspecified atom stereocenters. The number of hydrogen-bond donors (Lipinski definition) is 1. The Labute approximate surface area is 117 Å². The van der Waals surface area contributed by atoms with Gasteiger partial charge in [0.25, 0.3) is 0 Å². The van der Waals surface area contributed by atoms with Crippen LogP contribution in [0.25, 0.3) is 10.2 Å². The summed E-state index contributed by atoms with van der Waals surface area (Å²) in [5, 5.41) is 0.996. The van der Waals surface area contributed by atoms with Crippen LogP contribution >= 0.6 is 11.3 Å². The van der Waals surface area contributed by atoms with Crippen molar-refractivity contribution in [3.05, 3.63) is 16.8 Å². The Hall–Kier alpha value is -1.20. The Balaban J connectivity index is 1.87. The average Bonchev–Trinajstić information content (AvgIpc) is 2.83. The molecule has 0 saturated carbocycles. The van der Waals surface area contributed by atoms with E-state index in [1.165, 1.54) is 17.7 Å². The molecular formula is C14H19N3OS. The number of thiophene rings is 1. The first-order valence-electron chi connectivity index (χ1n) is 6.92. The SMILES string of the molecule is CCc1cc2c(N)nc(CC3CCCCO3)nc2s1. The Morgan fingerprint density at radius 2 is 2.32 bits per heavy atom. The minimum atomic E-state index is 0.260. The van der Waals surface area contributed by atoms with Crippen LogP contribution in [0.4, 0.5) is 5.82 Å². The monoisotopic (exact) mass is 277 g/mol. The van der Waals surface area contributed by atoms with Gasteiger partial charge in [0.2, 0.25) is 0 Å². The average molecular weight is 277 g/mol. The van der Waals surface area contributed by atoms with E-state index in [0.717, 1.165) is 41.9 Å². The first-order valence-corrected chi connectivity index (χ1v) is 7.74. The minimum absolute atomic E-state index is 0.260. The van der Waals surface area contributed by atoms with Gasteiger partial charge in [-0.1, -0.05) is 6.92 Å². The fraction of sp³-hybridized carbons (Fsp3) is 0.571. The maximum Gasteiger partial charge on any atom is 0.135 e. The number of hydrogen-bond acceptors (Lipinski definition) is 5. The minimum Gasteiger partial charge on any atom is -0.383 e. The summed E-state index contributed by atoms with van der Waals surface area (Å²) in [4.78, 5) is 11.4. The van der Waals surface area contributed by atoms with E-state index in [-0.39, 0.29) is 6.10 Å². The van der Waals surface area contributed by atoms with Gasteiger partial charge in [0.05, 0.1) is 11.5 Å². The maximum atomic E-state index is 6.04. The van der Waals surface area contributed by atoms with E-state index in [4.69, 9.17) is 10.5 Å². The highest BCUT2D eigenvalue weighted by atomic mass is 32.1. The number of aromatic nitrogens is 2. The number of aryl methyl sites for hydroxylation is 1. The molecule has 0 aromatic carbocycles. The van der Waals surface area contributed by atoms with Crippen LogP contribution in [-0.2, 0) is 17.6 Å². The number of rotatable bonds is 3. The molecule has 4 nitrogen and oxygen atoms in total. The molecule has 102 valence electrons. The largest absolute Gasteiger partial charge is 0.383 e. The molecule has 3 rings (SSSR count). The molecule has 0 spiro atoms. The molecule has 2 aromatic rings. The summed E-state index contributed by atoms with van der Waals surface area (Å²) >= 11 is 1.72. The standard InChI is InChI=1S/C14H19N3OS/c1-2-10-8-11-13(15)16-12(17-14(11)19-10)7-9-5-3-4-6-18-9/h8-9H,2-7H2,1H3,(H2,15,16,17). The Morgan fingerprint density at radius 3 is 3.05 bits per heavy atom. The zero-order chi connectivity index (χ0) is 13.2. The van der Waals surface area contributed by atoms with Gasteiger partial charge in [-0.25, -0.2) is 9.97 Å². The summed E-state index contributed by atoms with van der Waals surface area (Å²) in [6.45, 7) is 3.01. The van der Waals surface area contributed by atoms with Crippen molar-refractivity contribution >= 4 is 27.4 Å². The molecule has 2 N–H and O–H groups in total. The van der Waals surface area contributed by atoms with E-state index in [1.54, 1.807) is 11.3 Å². The van der Waals surface area contributed by atoms with Crippen LogP contribution in [0, 0.1) is 0 Å². The summed E-state index contributed by atoms with van der Waals surface area (Å²) in [7, 11) is 0. The third-order valence-corrected chi connectivity index (χ3v) is 4.73. The normalized spacial score (nSPS) is 19.9.